The van der Waals surface area contributed by atoms with Crippen LogP contribution in [-0.2, 0) is 23.1 Å². The van der Waals surface area contributed by atoms with Crippen LogP contribution in [-0.4, -0.2) is 48.4 Å². The number of aliphatic hydroxyl groups excluding tert-OH is 1. The molecule has 0 aromatic heterocycles. The molecule has 0 aromatic carbocycles. The van der Waals surface area contributed by atoms with Crippen molar-refractivity contribution in [2.45, 2.75) is 154 Å². The Morgan fingerprint density at radius 1 is 0.517 bits per heavy atom. The van der Waals surface area contributed by atoms with Gasteiger partial charge in [0.05, 0.1) is 13.2 Å². The quantitative estimate of drug-likeness (QED) is 0.0241. The molecule has 0 spiro atoms. The number of unbranched alkanes of at least 4 members (excludes halogenated alkanes) is 10. The fourth-order valence-electron chi connectivity index (χ4n) is 5.36. The number of phosphoric acid groups is 1. The molecule has 0 saturated heterocycles. The lowest BCUT2D eigenvalue weighted by molar-refractivity contribution is -0.147. The van der Waals surface area contributed by atoms with Gasteiger partial charge in [-0.15, -0.1) is 0 Å². The fourth-order valence-corrected chi connectivity index (χ4v) is 6.14. The van der Waals surface area contributed by atoms with E-state index in [-0.39, 0.29) is 19.8 Å². The van der Waals surface area contributed by atoms with E-state index in [2.05, 4.69) is 137 Å². The summed E-state index contributed by atoms with van der Waals surface area (Å²) < 4.78 is 25.7. The third kappa shape index (κ3) is 45.6. The number of aliphatic hydroxyl groups is 1. The van der Waals surface area contributed by atoms with Crippen LogP contribution in [0.3, 0.4) is 0 Å². The SMILES string of the molecule is CC/C=C\C/C=C\C/C=C\C/C=C\C/C=C\C/C=C\C/C=C\C/C=C\C/C=C\C/C=C\CCCCCCCCCCCCC(=O)OCC(O)COP(=O)(O)OCCN. The Labute approximate surface area is 353 Å². The summed E-state index contributed by atoms with van der Waals surface area (Å²) in [5.41, 5.74) is 5.20. The Hall–Kier alpha value is -3.10. The summed E-state index contributed by atoms with van der Waals surface area (Å²) in [5, 5.41) is 9.77. The van der Waals surface area contributed by atoms with Crippen LogP contribution in [0, 0.1) is 0 Å². The summed E-state index contributed by atoms with van der Waals surface area (Å²) in [7, 11) is -4.26. The van der Waals surface area contributed by atoms with Crippen LogP contribution in [0.25, 0.3) is 0 Å². The summed E-state index contributed by atoms with van der Waals surface area (Å²) in [5.74, 6) is -0.395. The number of phosphoric ester groups is 1. The van der Waals surface area contributed by atoms with Gasteiger partial charge in [0, 0.05) is 13.0 Å². The molecule has 328 valence electrons. The zero-order valence-electron chi connectivity index (χ0n) is 36.0. The first-order chi connectivity index (χ1) is 28.4. The molecule has 2 unspecified atom stereocenters. The molecule has 58 heavy (non-hydrogen) atoms. The van der Waals surface area contributed by atoms with E-state index < -0.39 is 26.5 Å². The van der Waals surface area contributed by atoms with E-state index in [1.807, 2.05) is 0 Å². The lowest BCUT2D eigenvalue weighted by Gasteiger charge is -2.15. The summed E-state index contributed by atoms with van der Waals surface area (Å²) >= 11 is 0. The minimum Gasteiger partial charge on any atom is -0.463 e. The van der Waals surface area contributed by atoms with Gasteiger partial charge in [0.1, 0.15) is 12.7 Å². The zero-order valence-corrected chi connectivity index (χ0v) is 36.9. The van der Waals surface area contributed by atoms with Gasteiger partial charge in [-0.2, -0.15) is 0 Å². The Balaban J connectivity index is 3.54. The predicted molar refractivity (Wildman–Crippen MR) is 246 cm³/mol. The van der Waals surface area contributed by atoms with Crippen molar-refractivity contribution in [1.29, 1.82) is 0 Å². The van der Waals surface area contributed by atoms with Crippen molar-refractivity contribution in [3.63, 3.8) is 0 Å². The van der Waals surface area contributed by atoms with Gasteiger partial charge in [0.25, 0.3) is 0 Å². The molecule has 0 radical (unpaired) electrons. The molecule has 0 heterocycles. The van der Waals surface area contributed by atoms with E-state index in [9.17, 15) is 19.4 Å². The molecule has 0 amide bonds. The molecule has 8 nitrogen and oxygen atoms in total. The van der Waals surface area contributed by atoms with E-state index in [0.717, 1.165) is 89.9 Å². The maximum atomic E-state index is 11.9. The lowest BCUT2D eigenvalue weighted by Crippen LogP contribution is -2.23. The summed E-state index contributed by atoms with van der Waals surface area (Å²) in [4.78, 5) is 21.2. The molecule has 0 fully saturated rings. The third-order valence-corrected chi connectivity index (χ3v) is 9.58. The van der Waals surface area contributed by atoms with Gasteiger partial charge in [-0.3, -0.25) is 13.8 Å². The molecular formula is C49H80NO7P. The normalized spacial score (nSPS) is 14.6. The molecular weight excluding hydrogens is 746 g/mol. The van der Waals surface area contributed by atoms with Crippen LogP contribution in [0.5, 0.6) is 0 Å². The zero-order chi connectivity index (χ0) is 42.3. The molecule has 9 heteroatoms. The van der Waals surface area contributed by atoms with E-state index in [4.69, 9.17) is 10.5 Å². The molecule has 0 rings (SSSR count). The number of carbonyl (C=O) groups is 1. The van der Waals surface area contributed by atoms with Gasteiger partial charge in [-0.1, -0.05) is 180 Å². The van der Waals surface area contributed by atoms with Gasteiger partial charge >= 0.3 is 13.8 Å². The van der Waals surface area contributed by atoms with Crippen LogP contribution >= 0.6 is 7.82 Å². The smallest absolute Gasteiger partial charge is 0.463 e. The highest BCUT2D eigenvalue weighted by atomic mass is 31.2. The summed E-state index contributed by atoms with van der Waals surface area (Å²) in [6.07, 6.45) is 66.7. The number of esters is 1. The Morgan fingerprint density at radius 2 is 0.862 bits per heavy atom. The van der Waals surface area contributed by atoms with Gasteiger partial charge in [-0.25, -0.2) is 4.57 Å². The number of allylic oxidation sites excluding steroid dienone is 20. The third-order valence-electron chi connectivity index (χ3n) is 8.59. The summed E-state index contributed by atoms with van der Waals surface area (Å²) in [6, 6.07) is 0. The average Bonchev–Trinajstić information content (AvgIpc) is 3.22. The number of hydrogen-bond donors (Lipinski definition) is 3. The van der Waals surface area contributed by atoms with Crippen molar-refractivity contribution in [3.8, 4) is 0 Å². The van der Waals surface area contributed by atoms with Crippen molar-refractivity contribution in [2.75, 3.05) is 26.4 Å². The van der Waals surface area contributed by atoms with E-state index in [1.54, 1.807) is 0 Å². The molecule has 0 bridgehead atoms. The van der Waals surface area contributed by atoms with Crippen LogP contribution < -0.4 is 5.73 Å². The van der Waals surface area contributed by atoms with Gasteiger partial charge in [0.2, 0.25) is 0 Å². The second-order valence-electron chi connectivity index (χ2n) is 14.0. The van der Waals surface area contributed by atoms with E-state index in [0.29, 0.717) is 6.42 Å². The van der Waals surface area contributed by atoms with E-state index >= 15 is 0 Å². The molecule has 0 aromatic rings. The number of carbonyl (C=O) groups excluding carboxylic acids is 1. The Bertz CT molecular complexity index is 1290. The fraction of sp³-hybridized carbons (Fsp3) is 0.571. The molecule has 0 aliphatic rings. The number of ether oxygens (including phenoxy) is 1. The van der Waals surface area contributed by atoms with Crippen molar-refractivity contribution in [2.24, 2.45) is 5.73 Å². The van der Waals surface area contributed by atoms with Crippen LogP contribution in [0.15, 0.2) is 122 Å². The highest BCUT2D eigenvalue weighted by Gasteiger charge is 2.22. The topological polar surface area (TPSA) is 128 Å². The first kappa shape index (κ1) is 54.9. The molecule has 0 aliphatic heterocycles. The number of nitrogens with two attached hydrogens (primary N) is 1. The molecule has 0 aliphatic carbocycles. The first-order valence-electron chi connectivity index (χ1n) is 22.1. The van der Waals surface area contributed by atoms with Gasteiger partial charge in [0.15, 0.2) is 0 Å². The maximum Gasteiger partial charge on any atom is 0.472 e. The van der Waals surface area contributed by atoms with Crippen LogP contribution in [0.1, 0.15) is 148 Å². The van der Waals surface area contributed by atoms with Crippen molar-refractivity contribution in [3.05, 3.63) is 122 Å². The lowest BCUT2D eigenvalue weighted by atomic mass is 10.1. The average molecular weight is 826 g/mol. The number of hydrogen-bond acceptors (Lipinski definition) is 7. The standard InChI is InChI=1S/C49H80NO7P/c1-2-3-4-5-6-7-8-9-10-11-12-13-14-15-16-17-18-19-20-21-22-23-24-25-26-27-28-29-30-31-32-33-34-35-36-37-38-39-40-41-42-43-49(52)55-46-48(51)47-57-58(53,54)56-45-44-50/h3-4,6-7,9-10,12-13,15-16,18-19,21-22,24-25,27-28,30-31,48,51H,2,5,8,11,14,17,20,23,26,29,32-47,50H2,1H3,(H,53,54)/b4-3-,7-6-,10-9-,13-12-,16-15-,19-18-,22-21-,25-24-,28-27-,31-30-. The maximum absolute atomic E-state index is 11.9. The van der Waals surface area contributed by atoms with Gasteiger partial charge in [-0.05, 0) is 83.5 Å². The second kappa shape index (κ2) is 45.0. The minimum absolute atomic E-state index is 0.0686. The summed E-state index contributed by atoms with van der Waals surface area (Å²) in [6.45, 7) is 1.32. The van der Waals surface area contributed by atoms with Gasteiger partial charge < -0.3 is 20.5 Å². The van der Waals surface area contributed by atoms with Crippen molar-refractivity contribution in [1.82, 2.24) is 0 Å². The number of rotatable bonds is 40. The second-order valence-corrected chi connectivity index (χ2v) is 15.5. The van der Waals surface area contributed by atoms with Crippen LogP contribution in [0.4, 0.5) is 0 Å². The predicted octanol–water partition coefficient (Wildman–Crippen LogP) is 13.1. The highest BCUT2D eigenvalue weighted by Crippen LogP contribution is 2.42. The molecule has 0 saturated carbocycles. The Morgan fingerprint density at radius 3 is 1.24 bits per heavy atom. The minimum atomic E-state index is -4.26. The highest BCUT2D eigenvalue weighted by molar-refractivity contribution is 7.47. The van der Waals surface area contributed by atoms with E-state index in [1.165, 1.54) is 44.9 Å². The van der Waals surface area contributed by atoms with Crippen molar-refractivity contribution >= 4 is 13.8 Å². The Kier molecular flexibility index (Phi) is 42.6. The largest absolute Gasteiger partial charge is 0.472 e. The van der Waals surface area contributed by atoms with Crippen molar-refractivity contribution < 1.29 is 33.1 Å². The molecule has 4 N–H and O–H groups in total. The molecule has 2 atom stereocenters. The monoisotopic (exact) mass is 826 g/mol. The first-order valence-corrected chi connectivity index (χ1v) is 23.6. The van der Waals surface area contributed by atoms with Crippen LogP contribution in [0.2, 0.25) is 0 Å².